The van der Waals surface area contributed by atoms with Crippen LogP contribution in [0.2, 0.25) is 0 Å². The van der Waals surface area contributed by atoms with Crippen molar-refractivity contribution in [2.45, 2.75) is 11.3 Å². The third kappa shape index (κ3) is 3.77. The molecule has 1 heterocycles. The number of rotatable bonds is 5. The topological polar surface area (TPSA) is 91.7 Å². The van der Waals surface area contributed by atoms with Crippen LogP contribution in [0.4, 0.5) is 0 Å². The van der Waals surface area contributed by atoms with E-state index < -0.39 is 0 Å². The zero-order valence-corrected chi connectivity index (χ0v) is 8.94. The van der Waals surface area contributed by atoms with Crippen LogP contribution in [0.15, 0.2) is 28.4 Å². The van der Waals surface area contributed by atoms with Crippen molar-refractivity contribution in [3.63, 3.8) is 0 Å². The van der Waals surface area contributed by atoms with Gasteiger partial charge in [-0.1, -0.05) is 5.16 Å². The van der Waals surface area contributed by atoms with Gasteiger partial charge in [0, 0.05) is 23.5 Å². The molecule has 0 aromatic carbocycles. The fourth-order valence-corrected chi connectivity index (χ4v) is 1.72. The molecule has 5 nitrogen and oxygen atoms in total. The summed E-state index contributed by atoms with van der Waals surface area (Å²) in [6, 6.07) is 3.54. The first kappa shape index (κ1) is 11.8. The minimum atomic E-state index is 0.00177. The van der Waals surface area contributed by atoms with E-state index in [0.29, 0.717) is 5.69 Å². The number of amidine groups is 1. The molecule has 1 aromatic heterocycles. The van der Waals surface area contributed by atoms with Crippen LogP contribution < -0.4 is 5.73 Å². The molecule has 6 heteroatoms. The molecule has 0 aliphatic carbocycles. The van der Waals surface area contributed by atoms with Crippen molar-refractivity contribution in [1.82, 2.24) is 4.98 Å². The number of aliphatic hydroxyl groups is 1. The van der Waals surface area contributed by atoms with Crippen LogP contribution in [-0.2, 0) is 0 Å². The first-order chi connectivity index (χ1) is 7.27. The minimum Gasteiger partial charge on any atom is -0.409 e. The van der Waals surface area contributed by atoms with E-state index in [9.17, 15) is 0 Å². The van der Waals surface area contributed by atoms with Gasteiger partial charge >= 0.3 is 0 Å². The van der Waals surface area contributed by atoms with Crippen LogP contribution in [-0.4, -0.2) is 33.5 Å². The zero-order valence-electron chi connectivity index (χ0n) is 8.13. The lowest BCUT2D eigenvalue weighted by atomic mass is 10.3. The third-order valence-electron chi connectivity index (χ3n) is 1.68. The van der Waals surface area contributed by atoms with Crippen molar-refractivity contribution < 1.29 is 10.3 Å². The number of oxime groups is 1. The fraction of sp³-hybridized carbons (Fsp3) is 0.333. The van der Waals surface area contributed by atoms with Gasteiger partial charge in [-0.15, -0.1) is 11.8 Å². The van der Waals surface area contributed by atoms with Crippen LogP contribution in [0, 0.1) is 0 Å². The molecular weight excluding hydrogens is 214 g/mol. The van der Waals surface area contributed by atoms with E-state index in [1.54, 1.807) is 24.0 Å². The van der Waals surface area contributed by atoms with E-state index in [1.807, 2.05) is 6.07 Å². The Hall–Kier alpha value is -1.27. The average molecular weight is 227 g/mol. The lowest BCUT2D eigenvalue weighted by molar-refractivity contribution is 0.296. The molecule has 82 valence electrons. The molecule has 0 aliphatic heterocycles. The van der Waals surface area contributed by atoms with Crippen LogP contribution in [0.25, 0.3) is 0 Å². The lowest BCUT2D eigenvalue weighted by Crippen LogP contribution is -2.14. The van der Waals surface area contributed by atoms with Gasteiger partial charge in [-0.05, 0) is 18.6 Å². The molecule has 0 fully saturated rings. The largest absolute Gasteiger partial charge is 0.409 e. The van der Waals surface area contributed by atoms with Gasteiger partial charge in [0.15, 0.2) is 5.84 Å². The van der Waals surface area contributed by atoms with Gasteiger partial charge in [0.1, 0.15) is 5.69 Å². The Balaban J connectivity index is 2.56. The molecule has 4 N–H and O–H groups in total. The van der Waals surface area contributed by atoms with Crippen molar-refractivity contribution in [3.05, 3.63) is 24.0 Å². The Labute approximate surface area is 92.0 Å². The van der Waals surface area contributed by atoms with Gasteiger partial charge < -0.3 is 16.0 Å². The lowest BCUT2D eigenvalue weighted by Gasteiger charge is -2.01. The monoisotopic (exact) mass is 227 g/mol. The first-order valence-electron chi connectivity index (χ1n) is 4.45. The number of nitrogens with zero attached hydrogens (tertiary/aromatic N) is 2. The van der Waals surface area contributed by atoms with E-state index in [1.165, 1.54) is 0 Å². The number of aliphatic hydroxyl groups excluding tert-OH is 1. The van der Waals surface area contributed by atoms with Crippen molar-refractivity contribution in [3.8, 4) is 0 Å². The Morgan fingerprint density at radius 2 is 2.33 bits per heavy atom. The van der Waals surface area contributed by atoms with E-state index in [4.69, 9.17) is 16.0 Å². The predicted molar refractivity (Wildman–Crippen MR) is 59.2 cm³/mol. The summed E-state index contributed by atoms with van der Waals surface area (Å²) in [6.07, 6.45) is 2.42. The highest BCUT2D eigenvalue weighted by Gasteiger charge is 2.00. The molecular formula is C9H13N3O2S. The Morgan fingerprint density at radius 1 is 1.53 bits per heavy atom. The number of aromatic nitrogens is 1. The molecule has 15 heavy (non-hydrogen) atoms. The Kier molecular flexibility index (Phi) is 4.92. The summed E-state index contributed by atoms with van der Waals surface area (Å²) in [6.45, 7) is 0.197. The number of hydrogen-bond acceptors (Lipinski definition) is 5. The molecule has 1 rings (SSSR count). The van der Waals surface area contributed by atoms with E-state index in [-0.39, 0.29) is 12.4 Å². The second kappa shape index (κ2) is 6.26. The molecule has 0 bridgehead atoms. The summed E-state index contributed by atoms with van der Waals surface area (Å²) >= 11 is 1.61. The highest BCUT2D eigenvalue weighted by atomic mass is 32.2. The fourth-order valence-electron chi connectivity index (χ4n) is 0.923. The maximum Gasteiger partial charge on any atom is 0.188 e. The minimum absolute atomic E-state index is 0.00177. The van der Waals surface area contributed by atoms with Gasteiger partial charge in [0.2, 0.25) is 0 Å². The van der Waals surface area contributed by atoms with Crippen molar-refractivity contribution >= 4 is 17.6 Å². The van der Waals surface area contributed by atoms with Crippen LogP contribution >= 0.6 is 11.8 Å². The normalized spacial score (nSPS) is 11.7. The molecule has 0 saturated heterocycles. The highest BCUT2D eigenvalue weighted by Crippen LogP contribution is 2.17. The van der Waals surface area contributed by atoms with Crippen LogP contribution in [0.5, 0.6) is 0 Å². The maximum atomic E-state index is 8.60. The summed E-state index contributed by atoms with van der Waals surface area (Å²) in [5.74, 6) is 0.850. The number of thioether (sulfide) groups is 1. The first-order valence-corrected chi connectivity index (χ1v) is 5.44. The zero-order chi connectivity index (χ0) is 11.1. The van der Waals surface area contributed by atoms with Gasteiger partial charge in [-0.2, -0.15) is 0 Å². The van der Waals surface area contributed by atoms with Gasteiger partial charge in [0.25, 0.3) is 0 Å². The third-order valence-corrected chi connectivity index (χ3v) is 2.75. The van der Waals surface area contributed by atoms with E-state index in [2.05, 4.69) is 10.1 Å². The summed E-state index contributed by atoms with van der Waals surface area (Å²) in [7, 11) is 0. The average Bonchev–Trinajstić information content (AvgIpc) is 2.29. The summed E-state index contributed by atoms with van der Waals surface area (Å²) < 4.78 is 0. The molecule has 0 radical (unpaired) electrons. The molecule has 0 atom stereocenters. The smallest absolute Gasteiger partial charge is 0.188 e. The van der Waals surface area contributed by atoms with Crippen LogP contribution in [0.1, 0.15) is 12.1 Å². The van der Waals surface area contributed by atoms with E-state index in [0.717, 1.165) is 17.1 Å². The van der Waals surface area contributed by atoms with Gasteiger partial charge in [-0.25, -0.2) is 0 Å². The summed E-state index contributed by atoms with van der Waals surface area (Å²) in [5.41, 5.74) is 5.81. The van der Waals surface area contributed by atoms with Gasteiger partial charge in [-0.3, -0.25) is 4.98 Å². The number of pyridine rings is 1. The molecule has 0 saturated carbocycles. The van der Waals surface area contributed by atoms with Crippen molar-refractivity contribution in [2.75, 3.05) is 12.4 Å². The van der Waals surface area contributed by atoms with Gasteiger partial charge in [0.05, 0.1) is 0 Å². The number of hydrogen-bond donors (Lipinski definition) is 3. The van der Waals surface area contributed by atoms with E-state index >= 15 is 0 Å². The summed E-state index contributed by atoms with van der Waals surface area (Å²) in [4.78, 5) is 5.03. The quantitative estimate of drug-likeness (QED) is 0.171. The van der Waals surface area contributed by atoms with Crippen molar-refractivity contribution in [1.29, 1.82) is 0 Å². The second-order valence-corrected chi connectivity index (χ2v) is 3.96. The predicted octanol–water partition coefficient (Wildman–Crippen LogP) is 0.651. The molecule has 0 amide bonds. The Morgan fingerprint density at radius 3 is 2.87 bits per heavy atom. The molecule has 0 aliphatic rings. The summed E-state index contributed by atoms with van der Waals surface area (Å²) in [5, 5.41) is 19.9. The molecule has 0 unspecified atom stereocenters. The second-order valence-electron chi connectivity index (χ2n) is 2.79. The highest BCUT2D eigenvalue weighted by molar-refractivity contribution is 7.99. The number of nitrogens with two attached hydrogens (primary N) is 1. The molecule has 1 aromatic rings. The maximum absolute atomic E-state index is 8.60. The Bertz CT molecular complexity index is 327. The molecule has 0 spiro atoms. The van der Waals surface area contributed by atoms with Crippen LogP contribution in [0.3, 0.4) is 0 Å². The van der Waals surface area contributed by atoms with Crippen molar-refractivity contribution in [2.24, 2.45) is 10.9 Å². The standard InChI is InChI=1S/C9H13N3O2S/c10-9(12-14)8-3-2-7(6-11-8)15-5-1-4-13/h2-3,6,13-14H,1,4-5H2,(H2,10,12). The SMILES string of the molecule is N/C(=N/O)c1ccc(SCCCO)cn1.